The standard InChI is InChI=1S/C19H21NO4/c1-2-22-17-9-5-6-10-18(17)24-16-8-4-3-7-14(16)11-15-12-20-19(21)13-23-15/h3-10,15H,2,11-13H2,1H3,(H,20,21)/t15-/m1/s1. The van der Waals surface area contributed by atoms with Crippen molar-refractivity contribution in [3.8, 4) is 17.2 Å². The molecular formula is C19H21NO4. The molecule has 1 aliphatic heterocycles. The molecule has 1 fully saturated rings. The van der Waals surface area contributed by atoms with Crippen molar-refractivity contribution in [2.45, 2.75) is 19.4 Å². The molecule has 1 atom stereocenters. The number of para-hydroxylation sites is 3. The van der Waals surface area contributed by atoms with E-state index in [1.807, 2.05) is 55.5 Å². The van der Waals surface area contributed by atoms with Crippen LogP contribution in [0.2, 0.25) is 0 Å². The highest BCUT2D eigenvalue weighted by Crippen LogP contribution is 2.33. The third-order valence-electron chi connectivity index (χ3n) is 3.77. The van der Waals surface area contributed by atoms with Gasteiger partial charge in [-0.3, -0.25) is 4.79 Å². The maximum atomic E-state index is 11.2. The number of hydrogen-bond acceptors (Lipinski definition) is 4. The zero-order chi connectivity index (χ0) is 16.8. The minimum atomic E-state index is -0.0681. The van der Waals surface area contributed by atoms with Crippen LogP contribution in [0.25, 0.3) is 0 Å². The van der Waals surface area contributed by atoms with E-state index in [1.54, 1.807) is 0 Å². The van der Waals surface area contributed by atoms with Crippen LogP contribution in [0.5, 0.6) is 17.2 Å². The Morgan fingerprint density at radius 2 is 1.79 bits per heavy atom. The van der Waals surface area contributed by atoms with Gasteiger partial charge in [-0.1, -0.05) is 30.3 Å². The average molecular weight is 327 g/mol. The molecule has 126 valence electrons. The van der Waals surface area contributed by atoms with E-state index in [2.05, 4.69) is 5.32 Å². The number of carbonyl (C=O) groups is 1. The fraction of sp³-hybridized carbons (Fsp3) is 0.316. The van der Waals surface area contributed by atoms with Crippen LogP contribution in [0.1, 0.15) is 12.5 Å². The summed E-state index contributed by atoms with van der Waals surface area (Å²) in [4.78, 5) is 11.2. The van der Waals surface area contributed by atoms with E-state index < -0.39 is 0 Å². The molecule has 5 heteroatoms. The van der Waals surface area contributed by atoms with Crippen LogP contribution in [0.3, 0.4) is 0 Å². The quantitative estimate of drug-likeness (QED) is 0.886. The molecule has 1 aliphatic rings. The lowest BCUT2D eigenvalue weighted by Gasteiger charge is -2.24. The van der Waals surface area contributed by atoms with Crippen molar-refractivity contribution in [2.24, 2.45) is 0 Å². The second-order valence-electron chi connectivity index (χ2n) is 5.53. The van der Waals surface area contributed by atoms with E-state index in [4.69, 9.17) is 14.2 Å². The lowest BCUT2D eigenvalue weighted by atomic mass is 10.1. The maximum absolute atomic E-state index is 11.2. The normalized spacial score (nSPS) is 17.2. The molecule has 0 radical (unpaired) electrons. The Labute approximate surface area is 141 Å². The Bertz CT molecular complexity index is 691. The van der Waals surface area contributed by atoms with Crippen molar-refractivity contribution < 1.29 is 19.0 Å². The molecule has 2 aromatic rings. The largest absolute Gasteiger partial charge is 0.490 e. The van der Waals surface area contributed by atoms with Gasteiger partial charge < -0.3 is 19.5 Å². The predicted molar refractivity (Wildman–Crippen MR) is 90.6 cm³/mol. The number of hydrogen-bond donors (Lipinski definition) is 1. The first-order valence-corrected chi connectivity index (χ1v) is 8.12. The molecule has 5 nitrogen and oxygen atoms in total. The molecule has 1 N–H and O–H groups in total. The van der Waals surface area contributed by atoms with Gasteiger partial charge in [0.05, 0.1) is 12.7 Å². The summed E-state index contributed by atoms with van der Waals surface area (Å²) >= 11 is 0. The lowest BCUT2D eigenvalue weighted by Crippen LogP contribution is -2.43. The Morgan fingerprint density at radius 1 is 1.08 bits per heavy atom. The van der Waals surface area contributed by atoms with Crippen LogP contribution in [0.15, 0.2) is 48.5 Å². The molecule has 0 unspecified atom stereocenters. The number of amides is 1. The maximum Gasteiger partial charge on any atom is 0.246 e. The van der Waals surface area contributed by atoms with Gasteiger partial charge in [0.15, 0.2) is 11.5 Å². The molecule has 0 aliphatic carbocycles. The molecule has 24 heavy (non-hydrogen) atoms. The Balaban J connectivity index is 1.76. The summed E-state index contributed by atoms with van der Waals surface area (Å²) in [6.07, 6.45) is 0.627. The predicted octanol–water partition coefficient (Wildman–Crippen LogP) is 2.94. The summed E-state index contributed by atoms with van der Waals surface area (Å²) in [6, 6.07) is 15.5. The fourth-order valence-corrected chi connectivity index (χ4v) is 2.61. The van der Waals surface area contributed by atoms with Crippen molar-refractivity contribution in [1.29, 1.82) is 0 Å². The average Bonchev–Trinajstić information content (AvgIpc) is 2.60. The van der Waals surface area contributed by atoms with Gasteiger partial charge in [0.25, 0.3) is 0 Å². The Kier molecular flexibility index (Phi) is 5.33. The van der Waals surface area contributed by atoms with Crippen molar-refractivity contribution in [2.75, 3.05) is 19.8 Å². The highest BCUT2D eigenvalue weighted by atomic mass is 16.5. The summed E-state index contributed by atoms with van der Waals surface area (Å²) in [7, 11) is 0. The molecule has 1 amide bonds. The molecule has 0 bridgehead atoms. The summed E-state index contributed by atoms with van der Waals surface area (Å²) in [5, 5.41) is 2.82. The van der Waals surface area contributed by atoms with Crippen LogP contribution in [0, 0.1) is 0 Å². The molecule has 0 spiro atoms. The molecule has 0 saturated carbocycles. The summed E-state index contributed by atoms with van der Waals surface area (Å²) in [6.45, 7) is 3.15. The number of rotatable bonds is 6. The van der Waals surface area contributed by atoms with Crippen molar-refractivity contribution in [3.05, 3.63) is 54.1 Å². The Morgan fingerprint density at radius 3 is 2.50 bits per heavy atom. The fourth-order valence-electron chi connectivity index (χ4n) is 2.61. The third-order valence-corrected chi connectivity index (χ3v) is 3.77. The minimum Gasteiger partial charge on any atom is -0.490 e. The second-order valence-corrected chi connectivity index (χ2v) is 5.53. The van der Waals surface area contributed by atoms with Crippen molar-refractivity contribution in [3.63, 3.8) is 0 Å². The number of benzene rings is 2. The van der Waals surface area contributed by atoms with Gasteiger partial charge >= 0.3 is 0 Å². The minimum absolute atomic E-state index is 0.0467. The smallest absolute Gasteiger partial charge is 0.246 e. The van der Waals surface area contributed by atoms with Gasteiger partial charge in [-0.25, -0.2) is 0 Å². The van der Waals surface area contributed by atoms with Gasteiger partial charge in [0.2, 0.25) is 5.91 Å². The zero-order valence-electron chi connectivity index (χ0n) is 13.7. The second kappa shape index (κ2) is 7.84. The highest BCUT2D eigenvalue weighted by Gasteiger charge is 2.20. The first kappa shape index (κ1) is 16.3. The van der Waals surface area contributed by atoms with Gasteiger partial charge in [-0.15, -0.1) is 0 Å². The number of carbonyl (C=O) groups excluding carboxylic acids is 1. The Hall–Kier alpha value is -2.53. The number of morpholine rings is 1. The van der Waals surface area contributed by atoms with Crippen molar-refractivity contribution in [1.82, 2.24) is 5.32 Å². The van der Waals surface area contributed by atoms with Crippen LogP contribution in [0.4, 0.5) is 0 Å². The van der Waals surface area contributed by atoms with E-state index in [9.17, 15) is 4.79 Å². The monoisotopic (exact) mass is 327 g/mol. The highest BCUT2D eigenvalue weighted by molar-refractivity contribution is 5.77. The first-order chi connectivity index (χ1) is 11.8. The molecular weight excluding hydrogens is 306 g/mol. The molecule has 2 aromatic carbocycles. The van der Waals surface area contributed by atoms with Gasteiger partial charge in [-0.05, 0) is 30.7 Å². The van der Waals surface area contributed by atoms with E-state index >= 15 is 0 Å². The summed E-state index contributed by atoms with van der Waals surface area (Å²) in [5.41, 5.74) is 1.03. The SMILES string of the molecule is CCOc1ccccc1Oc1ccccc1C[C@@H]1CNC(=O)CO1. The molecule has 1 saturated heterocycles. The van der Waals surface area contributed by atoms with Crippen LogP contribution in [-0.2, 0) is 16.0 Å². The van der Waals surface area contributed by atoms with Gasteiger partial charge in [0.1, 0.15) is 12.4 Å². The molecule has 3 rings (SSSR count). The number of nitrogens with one attached hydrogen (secondary N) is 1. The molecule has 1 heterocycles. The van der Waals surface area contributed by atoms with E-state index in [1.165, 1.54) is 0 Å². The number of ether oxygens (including phenoxy) is 3. The van der Waals surface area contributed by atoms with Crippen LogP contribution >= 0.6 is 0 Å². The summed E-state index contributed by atoms with van der Waals surface area (Å²) in [5.74, 6) is 2.10. The zero-order valence-corrected chi connectivity index (χ0v) is 13.7. The molecule has 0 aromatic heterocycles. The van der Waals surface area contributed by atoms with Gasteiger partial charge in [0, 0.05) is 13.0 Å². The van der Waals surface area contributed by atoms with E-state index in [0.717, 1.165) is 17.1 Å². The first-order valence-electron chi connectivity index (χ1n) is 8.12. The van der Waals surface area contributed by atoms with E-state index in [0.29, 0.717) is 25.3 Å². The topological polar surface area (TPSA) is 56.8 Å². The lowest BCUT2D eigenvalue weighted by molar-refractivity contribution is -0.133. The van der Waals surface area contributed by atoms with Crippen LogP contribution in [-0.4, -0.2) is 31.8 Å². The van der Waals surface area contributed by atoms with Crippen LogP contribution < -0.4 is 14.8 Å². The summed E-state index contributed by atoms with van der Waals surface area (Å²) < 4.78 is 17.3. The third kappa shape index (κ3) is 4.06. The van der Waals surface area contributed by atoms with Gasteiger partial charge in [-0.2, -0.15) is 0 Å². The van der Waals surface area contributed by atoms with E-state index in [-0.39, 0.29) is 18.6 Å². The van der Waals surface area contributed by atoms with Crippen molar-refractivity contribution >= 4 is 5.91 Å².